The van der Waals surface area contributed by atoms with Crippen LogP contribution in [0.15, 0.2) is 42.5 Å². The summed E-state index contributed by atoms with van der Waals surface area (Å²) in [5, 5.41) is 0.475. The summed E-state index contributed by atoms with van der Waals surface area (Å²) in [6, 6.07) is 11.3. The topological polar surface area (TPSA) is 20.3 Å². The van der Waals surface area contributed by atoms with Crippen LogP contribution in [0.25, 0.3) is 0 Å². The number of halogens is 2. The van der Waals surface area contributed by atoms with Gasteiger partial charge in [0.2, 0.25) is 0 Å². The summed E-state index contributed by atoms with van der Waals surface area (Å²) in [6.07, 6.45) is 0.707. The minimum Gasteiger partial charge on any atom is -0.342 e. The molecule has 2 nitrogen and oxygen atoms in total. The molecule has 0 aliphatic rings. The minimum atomic E-state index is -0.341. The van der Waals surface area contributed by atoms with Crippen LogP contribution >= 0.6 is 11.6 Å². The van der Waals surface area contributed by atoms with Gasteiger partial charge in [-0.3, -0.25) is 4.79 Å². The summed E-state index contributed by atoms with van der Waals surface area (Å²) < 4.78 is 13.7. The first-order valence-corrected chi connectivity index (χ1v) is 5.74. The Morgan fingerprint density at radius 3 is 2.56 bits per heavy atom. The zero-order chi connectivity index (χ0) is 13.1. The summed E-state index contributed by atoms with van der Waals surface area (Å²) in [7, 11) is 1.70. The molecule has 0 atom stereocenters. The molecule has 0 aliphatic heterocycles. The standard InChI is InChI=1S/C14H11ClFNO/c1-17(14-5-3-2-4-12(14)16)13-7-6-11(15)8-10(13)9-18/h2-9H,1H3. The molecule has 92 valence electrons. The summed E-state index contributed by atoms with van der Waals surface area (Å²) in [4.78, 5) is 12.6. The molecule has 0 unspecified atom stereocenters. The molecule has 0 spiro atoms. The van der Waals surface area contributed by atoms with Gasteiger partial charge < -0.3 is 4.90 Å². The highest BCUT2D eigenvalue weighted by Gasteiger charge is 2.12. The van der Waals surface area contributed by atoms with Crippen LogP contribution in [0.2, 0.25) is 5.02 Å². The number of para-hydroxylation sites is 1. The van der Waals surface area contributed by atoms with Gasteiger partial charge in [-0.15, -0.1) is 0 Å². The number of hydrogen-bond acceptors (Lipinski definition) is 2. The number of nitrogens with zero attached hydrogens (tertiary/aromatic N) is 1. The summed E-state index contributed by atoms with van der Waals surface area (Å²) in [5.41, 5.74) is 1.44. The highest BCUT2D eigenvalue weighted by Crippen LogP contribution is 2.29. The molecule has 2 rings (SSSR count). The molecular weight excluding hydrogens is 253 g/mol. The molecular formula is C14H11ClFNO. The number of rotatable bonds is 3. The van der Waals surface area contributed by atoms with Crippen molar-refractivity contribution in [1.82, 2.24) is 0 Å². The summed E-state index contributed by atoms with van der Waals surface area (Å²) in [5.74, 6) is -0.341. The molecule has 0 heterocycles. The van der Waals surface area contributed by atoms with Crippen molar-refractivity contribution < 1.29 is 9.18 Å². The maximum Gasteiger partial charge on any atom is 0.152 e. The number of hydrogen-bond donors (Lipinski definition) is 0. The van der Waals surface area contributed by atoms with Crippen LogP contribution in [0.5, 0.6) is 0 Å². The first kappa shape index (κ1) is 12.6. The van der Waals surface area contributed by atoms with Crippen LogP contribution < -0.4 is 4.90 Å². The molecule has 0 radical (unpaired) electrons. The third-order valence-corrected chi connectivity index (χ3v) is 2.93. The van der Waals surface area contributed by atoms with E-state index in [4.69, 9.17) is 11.6 Å². The largest absolute Gasteiger partial charge is 0.342 e. The van der Waals surface area contributed by atoms with Crippen molar-refractivity contribution in [3.05, 3.63) is 58.9 Å². The van der Waals surface area contributed by atoms with E-state index >= 15 is 0 Å². The van der Waals surface area contributed by atoms with E-state index in [0.717, 1.165) is 0 Å². The van der Waals surface area contributed by atoms with Gasteiger partial charge in [0.15, 0.2) is 6.29 Å². The van der Waals surface area contributed by atoms with Crippen molar-refractivity contribution >= 4 is 29.3 Å². The lowest BCUT2D eigenvalue weighted by atomic mass is 10.1. The van der Waals surface area contributed by atoms with Crippen LogP contribution in [0.4, 0.5) is 15.8 Å². The highest BCUT2D eigenvalue weighted by molar-refractivity contribution is 6.31. The van der Waals surface area contributed by atoms with Gasteiger partial charge in [-0.2, -0.15) is 0 Å². The van der Waals surface area contributed by atoms with Crippen molar-refractivity contribution in [2.45, 2.75) is 0 Å². The zero-order valence-corrected chi connectivity index (χ0v) is 10.5. The maximum absolute atomic E-state index is 13.7. The highest BCUT2D eigenvalue weighted by atomic mass is 35.5. The molecule has 0 bridgehead atoms. The van der Waals surface area contributed by atoms with E-state index in [1.54, 1.807) is 48.3 Å². The number of aldehydes is 1. The van der Waals surface area contributed by atoms with Gasteiger partial charge in [0, 0.05) is 17.6 Å². The Morgan fingerprint density at radius 2 is 1.89 bits per heavy atom. The maximum atomic E-state index is 13.7. The predicted octanol–water partition coefficient (Wildman–Crippen LogP) is 4.06. The third-order valence-electron chi connectivity index (χ3n) is 2.69. The van der Waals surface area contributed by atoms with E-state index in [9.17, 15) is 9.18 Å². The third kappa shape index (κ3) is 2.36. The van der Waals surface area contributed by atoms with E-state index in [2.05, 4.69) is 0 Å². The van der Waals surface area contributed by atoms with Gasteiger partial charge in [-0.25, -0.2) is 4.39 Å². The number of anilines is 2. The molecule has 0 fully saturated rings. The van der Waals surface area contributed by atoms with E-state index in [1.807, 2.05) is 0 Å². The fourth-order valence-corrected chi connectivity index (χ4v) is 1.96. The molecule has 18 heavy (non-hydrogen) atoms. The van der Waals surface area contributed by atoms with E-state index in [0.29, 0.717) is 28.2 Å². The van der Waals surface area contributed by atoms with Gasteiger partial charge in [-0.05, 0) is 30.3 Å². The van der Waals surface area contributed by atoms with Crippen LogP contribution in [-0.4, -0.2) is 13.3 Å². The Hall–Kier alpha value is -1.87. The summed E-state index contributed by atoms with van der Waals surface area (Å²) in [6.45, 7) is 0. The normalized spacial score (nSPS) is 10.2. The van der Waals surface area contributed by atoms with Gasteiger partial charge >= 0.3 is 0 Å². The quantitative estimate of drug-likeness (QED) is 0.779. The van der Waals surface area contributed by atoms with Crippen LogP contribution in [0, 0.1) is 5.82 Å². The fourth-order valence-electron chi connectivity index (χ4n) is 1.78. The Labute approximate surface area is 110 Å². The molecule has 0 aromatic heterocycles. The van der Waals surface area contributed by atoms with Gasteiger partial charge in [-0.1, -0.05) is 23.7 Å². The first-order chi connectivity index (χ1) is 8.63. The first-order valence-electron chi connectivity index (χ1n) is 5.36. The number of carbonyl (C=O) groups excluding carboxylic acids is 1. The number of carbonyl (C=O) groups is 1. The van der Waals surface area contributed by atoms with Crippen molar-refractivity contribution in [2.24, 2.45) is 0 Å². The Kier molecular flexibility index (Phi) is 3.63. The lowest BCUT2D eigenvalue weighted by Gasteiger charge is -2.21. The Balaban J connectivity index is 2.49. The molecule has 2 aromatic carbocycles. The second-order valence-corrected chi connectivity index (χ2v) is 4.27. The molecule has 2 aromatic rings. The summed E-state index contributed by atoms with van der Waals surface area (Å²) >= 11 is 5.83. The second kappa shape index (κ2) is 5.19. The average molecular weight is 264 g/mol. The van der Waals surface area contributed by atoms with Gasteiger partial charge in [0.05, 0.1) is 11.4 Å². The molecule has 0 amide bonds. The van der Waals surface area contributed by atoms with E-state index in [-0.39, 0.29) is 5.82 Å². The van der Waals surface area contributed by atoms with Gasteiger partial charge in [0.25, 0.3) is 0 Å². The van der Waals surface area contributed by atoms with Crippen LogP contribution in [0.3, 0.4) is 0 Å². The lowest BCUT2D eigenvalue weighted by Crippen LogP contribution is -2.13. The van der Waals surface area contributed by atoms with Crippen LogP contribution in [0.1, 0.15) is 10.4 Å². The van der Waals surface area contributed by atoms with E-state index in [1.165, 1.54) is 6.07 Å². The average Bonchev–Trinajstić information content (AvgIpc) is 2.38. The van der Waals surface area contributed by atoms with Crippen molar-refractivity contribution in [1.29, 1.82) is 0 Å². The monoisotopic (exact) mass is 263 g/mol. The van der Waals surface area contributed by atoms with Gasteiger partial charge in [0.1, 0.15) is 5.82 Å². The lowest BCUT2D eigenvalue weighted by molar-refractivity contribution is 0.112. The molecule has 0 saturated carbocycles. The van der Waals surface area contributed by atoms with Crippen LogP contribution in [-0.2, 0) is 0 Å². The molecule has 0 saturated heterocycles. The Bertz CT molecular complexity index is 586. The zero-order valence-electron chi connectivity index (χ0n) is 9.73. The predicted molar refractivity (Wildman–Crippen MR) is 71.3 cm³/mol. The molecule has 4 heteroatoms. The van der Waals surface area contributed by atoms with Crippen molar-refractivity contribution in [2.75, 3.05) is 11.9 Å². The van der Waals surface area contributed by atoms with E-state index < -0.39 is 0 Å². The smallest absolute Gasteiger partial charge is 0.152 e. The fraction of sp³-hybridized carbons (Fsp3) is 0.0714. The molecule has 0 N–H and O–H groups in total. The SMILES string of the molecule is CN(c1ccccc1F)c1ccc(Cl)cc1C=O. The van der Waals surface area contributed by atoms with Crippen molar-refractivity contribution in [3.8, 4) is 0 Å². The minimum absolute atomic E-state index is 0.341. The molecule has 0 aliphatic carbocycles. The number of benzene rings is 2. The Morgan fingerprint density at radius 1 is 1.17 bits per heavy atom. The second-order valence-electron chi connectivity index (χ2n) is 3.83. The van der Waals surface area contributed by atoms with Crippen molar-refractivity contribution in [3.63, 3.8) is 0 Å².